The summed E-state index contributed by atoms with van der Waals surface area (Å²) in [5.74, 6) is -0.0688. The Labute approximate surface area is 209 Å². The molecule has 2 atom stereocenters. The Morgan fingerprint density at radius 3 is 2.47 bits per heavy atom. The van der Waals surface area contributed by atoms with E-state index in [9.17, 15) is 19.5 Å². The molecule has 4 rings (SSSR count). The normalized spacial score (nSPS) is 18.3. The molecule has 1 aromatic heterocycles. The van der Waals surface area contributed by atoms with Gasteiger partial charge in [0, 0.05) is 31.7 Å². The summed E-state index contributed by atoms with van der Waals surface area (Å²) in [5.41, 5.74) is -0.533. The van der Waals surface area contributed by atoms with E-state index in [1.807, 2.05) is 26.0 Å². The van der Waals surface area contributed by atoms with Gasteiger partial charge in [-0.3, -0.25) is 9.69 Å². The van der Waals surface area contributed by atoms with Gasteiger partial charge >= 0.3 is 11.3 Å². The lowest BCUT2D eigenvalue weighted by Crippen LogP contribution is -2.42. The zero-order valence-corrected chi connectivity index (χ0v) is 21.0. The van der Waals surface area contributed by atoms with Gasteiger partial charge in [-0.2, -0.15) is 0 Å². The minimum Gasteiger partial charge on any atom is -0.508 e. The van der Waals surface area contributed by atoms with Crippen LogP contribution in [-0.2, 0) is 0 Å². The highest BCUT2D eigenvalue weighted by Gasteiger charge is 2.30. The number of rotatable bonds is 8. The molecule has 1 aliphatic rings. The van der Waals surface area contributed by atoms with E-state index in [4.69, 9.17) is 8.83 Å². The number of phenolic OH excluding ortho intramolecular Hbond substituents is 1. The van der Waals surface area contributed by atoms with Crippen molar-refractivity contribution in [2.75, 3.05) is 31.5 Å². The van der Waals surface area contributed by atoms with Crippen molar-refractivity contribution in [3.8, 4) is 5.75 Å². The number of hydrogen-bond donors (Lipinski definition) is 2. The molecule has 1 amide bonds. The smallest absolute Gasteiger partial charge is 0.423 e. The minimum atomic E-state index is -1.15. The van der Waals surface area contributed by atoms with Gasteiger partial charge in [-0.1, -0.05) is 19.1 Å². The van der Waals surface area contributed by atoms with Crippen molar-refractivity contribution in [2.24, 2.45) is 0 Å². The van der Waals surface area contributed by atoms with Crippen LogP contribution in [-0.4, -0.2) is 53.0 Å². The average Bonchev–Trinajstić information content (AvgIpc) is 2.87. The van der Waals surface area contributed by atoms with Gasteiger partial charge in [0.25, 0.3) is 5.91 Å². The van der Waals surface area contributed by atoms with E-state index < -0.39 is 11.3 Å². The van der Waals surface area contributed by atoms with E-state index in [1.54, 1.807) is 29.2 Å². The molecule has 2 N–H and O–H groups in total. The van der Waals surface area contributed by atoms with Gasteiger partial charge in [0.15, 0.2) is 11.2 Å². The molecule has 1 fully saturated rings. The predicted molar refractivity (Wildman–Crippen MR) is 138 cm³/mol. The number of likely N-dealkylation sites (tertiary alicyclic amines) is 1. The lowest BCUT2D eigenvalue weighted by molar-refractivity contribution is 0.0773. The van der Waals surface area contributed by atoms with Crippen LogP contribution in [0.15, 0.2) is 54.8 Å². The zero-order chi connectivity index (χ0) is 25.8. The standard InChI is InChI=1S/C27H33N3O6/c1-4-13-30-14-12-18(16-22(30)17-8-7-9-19(31)15-17)28-21-11-10-20(25(32)29(5-2)6-3)23-24(21)36-27(34)26(33)35-23/h7-11,15,18,22,28,31H,4-6,12-14,16H2,1-3H3. The van der Waals surface area contributed by atoms with Crippen LogP contribution < -0.4 is 16.6 Å². The highest BCUT2D eigenvalue weighted by atomic mass is 16.5. The molecule has 1 saturated heterocycles. The summed E-state index contributed by atoms with van der Waals surface area (Å²) in [4.78, 5) is 41.1. The second-order valence-corrected chi connectivity index (χ2v) is 9.09. The van der Waals surface area contributed by atoms with Crippen LogP contribution in [0.2, 0.25) is 0 Å². The maximum absolute atomic E-state index is 13.0. The number of nitrogens with one attached hydrogen (secondary N) is 1. The predicted octanol–water partition coefficient (Wildman–Crippen LogP) is 3.96. The van der Waals surface area contributed by atoms with Gasteiger partial charge in [0.05, 0.1) is 11.3 Å². The Bertz CT molecular complexity index is 1340. The Kier molecular flexibility index (Phi) is 7.79. The Hall–Kier alpha value is -3.59. The van der Waals surface area contributed by atoms with Gasteiger partial charge in [-0.25, -0.2) is 9.59 Å². The first-order chi connectivity index (χ1) is 17.4. The molecule has 0 bridgehead atoms. The van der Waals surface area contributed by atoms with E-state index in [-0.39, 0.29) is 40.5 Å². The fourth-order valence-electron chi connectivity index (χ4n) is 5.00. The van der Waals surface area contributed by atoms with Crippen molar-refractivity contribution in [2.45, 2.75) is 52.1 Å². The highest BCUT2D eigenvalue weighted by Crippen LogP contribution is 2.35. The molecule has 36 heavy (non-hydrogen) atoms. The molecule has 2 unspecified atom stereocenters. The summed E-state index contributed by atoms with van der Waals surface area (Å²) >= 11 is 0. The largest absolute Gasteiger partial charge is 0.508 e. The van der Waals surface area contributed by atoms with Crippen LogP contribution in [0.4, 0.5) is 5.69 Å². The number of carbonyl (C=O) groups excluding carboxylic acids is 1. The zero-order valence-electron chi connectivity index (χ0n) is 21.0. The van der Waals surface area contributed by atoms with Gasteiger partial charge in [-0.15, -0.1) is 0 Å². The number of benzene rings is 2. The number of amides is 1. The van der Waals surface area contributed by atoms with Crippen molar-refractivity contribution in [1.82, 2.24) is 9.80 Å². The second-order valence-electron chi connectivity index (χ2n) is 9.09. The third-order valence-electron chi connectivity index (χ3n) is 6.79. The monoisotopic (exact) mass is 495 g/mol. The van der Waals surface area contributed by atoms with Gasteiger partial charge in [0.1, 0.15) is 5.75 Å². The maximum atomic E-state index is 13.0. The summed E-state index contributed by atoms with van der Waals surface area (Å²) in [6, 6.07) is 10.8. The Balaban J connectivity index is 1.69. The van der Waals surface area contributed by atoms with E-state index in [0.29, 0.717) is 18.8 Å². The molecule has 9 heteroatoms. The highest BCUT2D eigenvalue weighted by molar-refractivity contribution is 6.06. The lowest BCUT2D eigenvalue weighted by Gasteiger charge is -2.40. The molecule has 9 nitrogen and oxygen atoms in total. The number of hydrogen-bond acceptors (Lipinski definition) is 8. The fraction of sp³-hybridized carbons (Fsp3) is 0.444. The van der Waals surface area contributed by atoms with Crippen LogP contribution in [0.1, 0.15) is 62.0 Å². The van der Waals surface area contributed by atoms with E-state index in [2.05, 4.69) is 17.1 Å². The average molecular weight is 496 g/mol. The Morgan fingerprint density at radius 1 is 1.08 bits per heavy atom. The molecular formula is C27H33N3O6. The van der Waals surface area contributed by atoms with Crippen LogP contribution in [0.5, 0.6) is 5.75 Å². The molecule has 1 aliphatic heterocycles. The topological polar surface area (TPSA) is 116 Å². The van der Waals surface area contributed by atoms with Crippen LogP contribution in [0, 0.1) is 0 Å². The summed E-state index contributed by atoms with van der Waals surface area (Å²) < 4.78 is 10.6. The number of fused-ring (bicyclic) bond motifs is 1. The molecule has 0 saturated carbocycles. The molecular weight excluding hydrogens is 462 g/mol. The Morgan fingerprint density at radius 2 is 1.81 bits per heavy atom. The minimum absolute atomic E-state index is 0.0234. The summed E-state index contributed by atoms with van der Waals surface area (Å²) in [7, 11) is 0. The van der Waals surface area contributed by atoms with Crippen LogP contribution >= 0.6 is 0 Å². The first-order valence-electron chi connectivity index (χ1n) is 12.6. The first-order valence-corrected chi connectivity index (χ1v) is 12.6. The molecule has 2 heterocycles. The third-order valence-corrected chi connectivity index (χ3v) is 6.79. The van der Waals surface area contributed by atoms with Gasteiger partial charge < -0.3 is 24.2 Å². The number of nitrogens with zero attached hydrogens (tertiary/aromatic N) is 2. The van der Waals surface area contributed by atoms with Crippen LogP contribution in [0.3, 0.4) is 0 Å². The van der Waals surface area contributed by atoms with Crippen molar-refractivity contribution < 1.29 is 18.7 Å². The van der Waals surface area contributed by atoms with Gasteiger partial charge in [-0.05, 0) is 69.5 Å². The maximum Gasteiger partial charge on any atom is 0.423 e. The summed E-state index contributed by atoms with van der Waals surface area (Å²) in [5, 5.41) is 13.5. The first kappa shape index (κ1) is 25.5. The second kappa shape index (κ2) is 11.0. The third kappa shape index (κ3) is 5.16. The molecule has 0 radical (unpaired) electrons. The van der Waals surface area contributed by atoms with Crippen molar-refractivity contribution in [3.63, 3.8) is 0 Å². The van der Waals surface area contributed by atoms with E-state index in [1.165, 1.54) is 0 Å². The van der Waals surface area contributed by atoms with E-state index >= 15 is 0 Å². The number of anilines is 1. The summed E-state index contributed by atoms with van der Waals surface area (Å²) in [6.45, 7) is 8.65. The quantitative estimate of drug-likeness (QED) is 0.451. The number of aromatic hydroxyl groups is 1. The van der Waals surface area contributed by atoms with E-state index in [0.717, 1.165) is 37.9 Å². The number of carbonyl (C=O) groups is 1. The van der Waals surface area contributed by atoms with Crippen molar-refractivity contribution >= 4 is 22.8 Å². The molecule has 2 aromatic carbocycles. The fourth-order valence-corrected chi connectivity index (χ4v) is 5.00. The van der Waals surface area contributed by atoms with Crippen LogP contribution in [0.25, 0.3) is 11.2 Å². The van der Waals surface area contributed by atoms with Crippen molar-refractivity contribution in [3.05, 3.63) is 68.4 Å². The molecule has 0 spiro atoms. The van der Waals surface area contributed by atoms with Crippen molar-refractivity contribution in [1.29, 1.82) is 0 Å². The number of piperidine rings is 1. The molecule has 192 valence electrons. The van der Waals surface area contributed by atoms with Gasteiger partial charge in [0.2, 0.25) is 0 Å². The SMILES string of the molecule is CCCN1CCC(Nc2ccc(C(=O)N(CC)CC)c3oc(=O)c(=O)oc23)CC1c1cccc(O)c1. The number of phenols is 1. The lowest BCUT2D eigenvalue weighted by atomic mass is 9.91. The molecule has 0 aliphatic carbocycles. The summed E-state index contributed by atoms with van der Waals surface area (Å²) in [6.07, 6.45) is 2.62. The molecule has 3 aromatic rings.